The standard InChI is InChI=1S/CH6NOPSi/c2-1(3)4-5/h4H,5H3,(H2,2,3). The van der Waals surface area contributed by atoms with Crippen molar-refractivity contribution >= 4 is 23.7 Å². The third kappa shape index (κ3) is 4.12. The minimum atomic E-state index is -0.156. The molecule has 0 bridgehead atoms. The lowest BCUT2D eigenvalue weighted by Gasteiger charge is -1.73. The van der Waals surface area contributed by atoms with Crippen LogP contribution in [0.25, 0.3) is 0 Å². The monoisotopic (exact) mass is 107 g/mol. The summed E-state index contributed by atoms with van der Waals surface area (Å²) in [6.07, 6.45) is 0. The zero-order valence-electron chi connectivity index (χ0n) is 2.99. The Bertz CT molecular complexity index is 46.9. The first kappa shape index (κ1) is 5.12. The molecule has 0 aromatic heterocycles. The summed E-state index contributed by atoms with van der Waals surface area (Å²) < 4.78 is 0. The lowest BCUT2D eigenvalue weighted by molar-refractivity contribution is 0.267. The van der Waals surface area contributed by atoms with E-state index in [0.29, 0.717) is 8.13 Å². The fourth-order valence-corrected chi connectivity index (χ4v) is 0. The Morgan fingerprint density at radius 2 is 2.20 bits per heavy atom. The predicted octanol–water partition coefficient (Wildman–Crippen LogP) is -0.976. The van der Waals surface area contributed by atoms with Crippen LogP contribution in [0.1, 0.15) is 0 Å². The Morgan fingerprint density at radius 3 is 2.20 bits per heavy atom. The lowest BCUT2D eigenvalue weighted by atomic mass is 11.5. The van der Waals surface area contributed by atoms with Crippen LogP contribution in [0.4, 0.5) is 4.79 Å². The molecule has 0 fully saturated rings. The molecule has 0 aliphatic heterocycles. The molecule has 0 heterocycles. The quantitative estimate of drug-likeness (QED) is 0.340. The first-order valence-corrected chi connectivity index (χ1v) is 5.74. The van der Waals surface area contributed by atoms with Crippen molar-refractivity contribution in [2.75, 3.05) is 0 Å². The maximum absolute atomic E-state index is 9.64. The topological polar surface area (TPSA) is 43.1 Å². The summed E-state index contributed by atoms with van der Waals surface area (Å²) in [7, 11) is 1.32. The summed E-state index contributed by atoms with van der Waals surface area (Å²) in [5.41, 5.74) is 4.54. The van der Waals surface area contributed by atoms with Gasteiger partial charge in [-0.05, 0) is 0 Å². The van der Waals surface area contributed by atoms with Gasteiger partial charge in [0.2, 0.25) is 5.65 Å². The van der Waals surface area contributed by atoms with E-state index in [4.69, 9.17) is 5.73 Å². The molecule has 1 atom stereocenters. The number of primary amides is 1. The number of carbonyl (C=O) groups excluding carboxylic acids is 1. The van der Waals surface area contributed by atoms with Crippen LogP contribution in [-0.4, -0.2) is 15.6 Å². The number of nitrogens with two attached hydrogens (primary N) is 1. The minimum Gasteiger partial charge on any atom is -0.367 e. The van der Waals surface area contributed by atoms with Gasteiger partial charge in [0.15, 0.2) is 0 Å². The molecule has 0 aliphatic rings. The van der Waals surface area contributed by atoms with Crippen LogP contribution in [0.2, 0.25) is 0 Å². The number of rotatable bonds is 1. The van der Waals surface area contributed by atoms with Crippen LogP contribution in [0.5, 0.6) is 0 Å². The van der Waals surface area contributed by atoms with Crippen LogP contribution < -0.4 is 5.73 Å². The van der Waals surface area contributed by atoms with Gasteiger partial charge in [0.1, 0.15) is 0 Å². The molecular formula is CH6NOPSi. The second-order valence-electron chi connectivity index (χ2n) is 0.614. The van der Waals surface area contributed by atoms with Gasteiger partial charge in [-0.25, -0.2) is 0 Å². The van der Waals surface area contributed by atoms with Gasteiger partial charge >= 0.3 is 0 Å². The molecule has 2 nitrogen and oxygen atoms in total. The molecule has 0 radical (unpaired) electrons. The highest BCUT2D eigenvalue weighted by molar-refractivity contribution is 7.80. The lowest BCUT2D eigenvalue weighted by Crippen LogP contribution is -1.98. The van der Waals surface area contributed by atoms with Crippen molar-refractivity contribution in [3.05, 3.63) is 0 Å². The van der Waals surface area contributed by atoms with Gasteiger partial charge in [-0.3, -0.25) is 4.79 Å². The summed E-state index contributed by atoms with van der Waals surface area (Å²) in [4.78, 5) is 9.64. The summed E-state index contributed by atoms with van der Waals surface area (Å²) in [6, 6.07) is 0. The van der Waals surface area contributed by atoms with E-state index in [1.807, 2.05) is 0 Å². The van der Waals surface area contributed by atoms with Crippen molar-refractivity contribution < 1.29 is 4.79 Å². The number of carbonyl (C=O) groups is 1. The van der Waals surface area contributed by atoms with Gasteiger partial charge in [-0.1, -0.05) is 8.13 Å². The zero-order valence-corrected chi connectivity index (χ0v) is 5.99. The fourth-order valence-electron chi connectivity index (χ4n) is 0. The second-order valence-corrected chi connectivity index (χ2v) is 3.11. The Kier molecular flexibility index (Phi) is 2.41. The summed E-state index contributed by atoms with van der Waals surface area (Å²) in [6.45, 7) is 0. The van der Waals surface area contributed by atoms with Crippen molar-refractivity contribution in [1.82, 2.24) is 0 Å². The van der Waals surface area contributed by atoms with E-state index >= 15 is 0 Å². The van der Waals surface area contributed by atoms with Crippen molar-refractivity contribution in [2.24, 2.45) is 5.73 Å². The second kappa shape index (κ2) is 2.36. The van der Waals surface area contributed by atoms with E-state index in [-0.39, 0.29) is 5.65 Å². The van der Waals surface area contributed by atoms with E-state index in [2.05, 4.69) is 0 Å². The fraction of sp³-hybridized carbons (Fsp3) is 0. The first-order chi connectivity index (χ1) is 2.27. The van der Waals surface area contributed by atoms with Crippen LogP contribution in [0.3, 0.4) is 0 Å². The average Bonchev–Trinajstić information content (AvgIpc) is 1.38. The normalized spacial score (nSPS) is 10.4. The third-order valence-electron chi connectivity index (χ3n) is 0.246. The summed E-state index contributed by atoms with van der Waals surface area (Å²) in [5, 5.41) is 0. The van der Waals surface area contributed by atoms with Crippen molar-refractivity contribution in [1.29, 1.82) is 0 Å². The van der Waals surface area contributed by atoms with Gasteiger partial charge in [-0.2, -0.15) is 0 Å². The molecule has 0 spiro atoms. The Balaban J connectivity index is 2.85. The molecule has 0 saturated carbocycles. The Hall–Kier alpha value is 0.117. The van der Waals surface area contributed by atoms with Crippen LogP contribution in [0.15, 0.2) is 0 Å². The highest BCUT2D eigenvalue weighted by atomic mass is 31.3. The smallest absolute Gasteiger partial charge is 0.230 e. The average molecular weight is 107 g/mol. The molecule has 1 unspecified atom stereocenters. The number of hydrogen-bond donors (Lipinski definition) is 1. The molecule has 2 N–H and O–H groups in total. The molecule has 0 aliphatic carbocycles. The molecule has 0 saturated heterocycles. The van der Waals surface area contributed by atoms with Gasteiger partial charge in [0.05, 0.1) is 0 Å². The Labute approximate surface area is 35.2 Å². The Morgan fingerprint density at radius 1 is 2.00 bits per heavy atom. The number of hydrogen-bond acceptors (Lipinski definition) is 1. The van der Waals surface area contributed by atoms with E-state index in [1.165, 1.54) is 0 Å². The number of amides is 1. The third-order valence-corrected chi connectivity index (χ3v) is 2.22. The van der Waals surface area contributed by atoms with Crippen molar-refractivity contribution in [3.63, 3.8) is 0 Å². The molecule has 30 valence electrons. The molecule has 4 heteroatoms. The molecular weight excluding hydrogens is 101 g/mol. The van der Waals surface area contributed by atoms with Crippen LogP contribution in [0, 0.1) is 0 Å². The highest BCUT2D eigenvalue weighted by Gasteiger charge is 1.76. The van der Waals surface area contributed by atoms with Gasteiger partial charge in [-0.15, -0.1) is 0 Å². The van der Waals surface area contributed by atoms with Crippen LogP contribution in [-0.2, 0) is 0 Å². The maximum atomic E-state index is 9.64. The van der Waals surface area contributed by atoms with Gasteiger partial charge < -0.3 is 5.73 Å². The summed E-state index contributed by atoms with van der Waals surface area (Å²) >= 11 is 0. The minimum absolute atomic E-state index is 0.156. The molecule has 1 amide bonds. The first-order valence-electron chi connectivity index (χ1n) is 1.24. The maximum Gasteiger partial charge on any atom is 0.230 e. The molecule has 0 rings (SSSR count). The molecule has 5 heavy (non-hydrogen) atoms. The van der Waals surface area contributed by atoms with Crippen molar-refractivity contribution in [2.45, 2.75) is 0 Å². The highest BCUT2D eigenvalue weighted by Crippen LogP contribution is 1.94. The van der Waals surface area contributed by atoms with Crippen LogP contribution >= 0.6 is 8.13 Å². The van der Waals surface area contributed by atoms with Crippen molar-refractivity contribution in [3.8, 4) is 0 Å². The SMILES string of the molecule is NC(=O)P[SiH3]. The van der Waals surface area contributed by atoms with E-state index in [9.17, 15) is 4.79 Å². The van der Waals surface area contributed by atoms with Gasteiger partial charge in [0, 0.05) is 9.91 Å². The summed E-state index contributed by atoms with van der Waals surface area (Å²) in [5.74, 6) is 0. The predicted molar refractivity (Wildman–Crippen MR) is 27.8 cm³/mol. The van der Waals surface area contributed by atoms with E-state index in [0.717, 1.165) is 9.91 Å². The largest absolute Gasteiger partial charge is 0.367 e. The van der Waals surface area contributed by atoms with E-state index in [1.54, 1.807) is 0 Å². The van der Waals surface area contributed by atoms with E-state index < -0.39 is 0 Å². The molecule has 0 aromatic carbocycles. The zero-order chi connectivity index (χ0) is 4.28. The molecule has 0 aromatic rings. The van der Waals surface area contributed by atoms with Gasteiger partial charge in [0.25, 0.3) is 0 Å².